The number of nitrogens with one attached hydrogen (secondary N) is 2. The molecule has 0 saturated heterocycles. The zero-order chi connectivity index (χ0) is 16.5. The number of aromatic nitrogens is 3. The lowest BCUT2D eigenvalue weighted by atomic mass is 10.1. The van der Waals surface area contributed by atoms with Crippen LogP contribution in [-0.2, 0) is 0 Å². The fourth-order valence-electron chi connectivity index (χ4n) is 2.61. The molecule has 0 amide bonds. The molecule has 3 aromatic heterocycles. The minimum Gasteiger partial charge on any atom is -0.382 e. The zero-order valence-electron chi connectivity index (χ0n) is 13.4. The van der Waals surface area contributed by atoms with Gasteiger partial charge in [-0.15, -0.1) is 0 Å². The summed E-state index contributed by atoms with van der Waals surface area (Å²) in [4.78, 5) is 13.2. The lowest BCUT2D eigenvalue weighted by Gasteiger charge is -2.15. The lowest BCUT2D eigenvalue weighted by Crippen LogP contribution is -2.06. The van der Waals surface area contributed by atoms with E-state index in [-0.39, 0.29) is 5.25 Å². The molecule has 1 unspecified atom stereocenters. The first kappa shape index (κ1) is 15.2. The van der Waals surface area contributed by atoms with Crippen LogP contribution in [0.2, 0.25) is 0 Å². The van der Waals surface area contributed by atoms with E-state index in [1.807, 2.05) is 36.7 Å². The van der Waals surface area contributed by atoms with Crippen molar-refractivity contribution in [2.75, 3.05) is 10.6 Å². The molecule has 5 nitrogen and oxygen atoms in total. The molecule has 1 fully saturated rings. The number of rotatable bonds is 5. The lowest BCUT2D eigenvalue weighted by molar-refractivity contribution is 1.05. The van der Waals surface area contributed by atoms with E-state index in [0.29, 0.717) is 6.04 Å². The molecule has 1 atom stereocenters. The Hall–Kier alpha value is -2.34. The predicted octanol–water partition coefficient (Wildman–Crippen LogP) is 4.33. The molecule has 24 heavy (non-hydrogen) atoms. The van der Waals surface area contributed by atoms with Crippen molar-refractivity contribution < 1.29 is 0 Å². The summed E-state index contributed by atoms with van der Waals surface area (Å²) in [7, 11) is 0. The Morgan fingerprint density at radius 1 is 1.17 bits per heavy atom. The van der Waals surface area contributed by atoms with Crippen molar-refractivity contribution in [3.05, 3.63) is 48.4 Å². The Morgan fingerprint density at radius 3 is 2.83 bits per heavy atom. The minimum atomic E-state index is 0.138. The molecule has 2 N–H and O–H groups in total. The summed E-state index contributed by atoms with van der Waals surface area (Å²) in [6.07, 6.45) is 7.90. The maximum atomic E-state index is 4.60. The number of thiol groups is 1. The van der Waals surface area contributed by atoms with E-state index in [0.717, 1.165) is 33.8 Å². The summed E-state index contributed by atoms with van der Waals surface area (Å²) >= 11 is 4.56. The summed E-state index contributed by atoms with van der Waals surface area (Å²) in [6.45, 7) is 2.06. The number of fused-ring (bicyclic) bond motifs is 1. The van der Waals surface area contributed by atoms with Gasteiger partial charge < -0.3 is 10.6 Å². The monoisotopic (exact) mass is 337 g/mol. The molecule has 3 aromatic rings. The molecule has 122 valence electrons. The van der Waals surface area contributed by atoms with Gasteiger partial charge in [-0.25, -0.2) is 9.97 Å². The molecule has 1 saturated carbocycles. The van der Waals surface area contributed by atoms with Gasteiger partial charge in [-0.1, -0.05) is 0 Å². The molecule has 0 spiro atoms. The van der Waals surface area contributed by atoms with Crippen molar-refractivity contribution in [3.63, 3.8) is 0 Å². The largest absolute Gasteiger partial charge is 0.382 e. The van der Waals surface area contributed by atoms with Crippen molar-refractivity contribution >= 4 is 40.9 Å². The molecule has 6 heteroatoms. The summed E-state index contributed by atoms with van der Waals surface area (Å²) < 4.78 is 0. The Kier molecular flexibility index (Phi) is 3.98. The maximum Gasteiger partial charge on any atom is 0.133 e. The van der Waals surface area contributed by atoms with Crippen molar-refractivity contribution in [2.24, 2.45) is 0 Å². The van der Waals surface area contributed by atoms with Crippen LogP contribution in [0.4, 0.5) is 17.3 Å². The van der Waals surface area contributed by atoms with E-state index in [2.05, 4.69) is 45.1 Å². The third kappa shape index (κ3) is 3.28. The van der Waals surface area contributed by atoms with Crippen LogP contribution in [-0.4, -0.2) is 21.0 Å². The molecule has 4 rings (SSSR count). The Bertz CT molecular complexity index is 876. The number of hydrogen-bond donors (Lipinski definition) is 3. The molecular formula is C18H19N5S. The minimum absolute atomic E-state index is 0.138. The van der Waals surface area contributed by atoms with Crippen LogP contribution in [0.15, 0.2) is 42.9 Å². The predicted molar refractivity (Wildman–Crippen MR) is 101 cm³/mol. The van der Waals surface area contributed by atoms with Crippen molar-refractivity contribution in [2.45, 2.75) is 31.1 Å². The molecule has 0 radical (unpaired) electrons. The molecule has 0 aliphatic heterocycles. The molecular weight excluding hydrogens is 318 g/mol. The van der Waals surface area contributed by atoms with Crippen LogP contribution in [0.5, 0.6) is 0 Å². The van der Waals surface area contributed by atoms with Crippen LogP contribution >= 0.6 is 12.6 Å². The first-order valence-corrected chi connectivity index (χ1v) is 8.63. The summed E-state index contributed by atoms with van der Waals surface area (Å²) in [5.74, 6) is 1.54. The molecule has 0 bridgehead atoms. The first-order valence-electron chi connectivity index (χ1n) is 8.11. The normalized spacial score (nSPS) is 15.2. The Morgan fingerprint density at radius 2 is 2.04 bits per heavy atom. The third-order valence-corrected chi connectivity index (χ3v) is 4.35. The van der Waals surface area contributed by atoms with E-state index in [9.17, 15) is 0 Å². The van der Waals surface area contributed by atoms with Gasteiger partial charge in [0.25, 0.3) is 0 Å². The first-order chi connectivity index (χ1) is 11.7. The van der Waals surface area contributed by atoms with Gasteiger partial charge in [0.2, 0.25) is 0 Å². The second-order valence-electron chi connectivity index (χ2n) is 6.14. The summed E-state index contributed by atoms with van der Waals surface area (Å²) in [5, 5.41) is 8.01. The van der Waals surface area contributed by atoms with Gasteiger partial charge >= 0.3 is 0 Å². The highest BCUT2D eigenvalue weighted by atomic mass is 32.1. The average molecular weight is 337 g/mol. The van der Waals surface area contributed by atoms with E-state index in [1.54, 1.807) is 6.20 Å². The topological polar surface area (TPSA) is 62.7 Å². The van der Waals surface area contributed by atoms with Crippen LogP contribution in [0, 0.1) is 0 Å². The number of hydrogen-bond acceptors (Lipinski definition) is 6. The van der Waals surface area contributed by atoms with Gasteiger partial charge in [-0.2, -0.15) is 12.6 Å². The smallest absolute Gasteiger partial charge is 0.133 e. The fourth-order valence-corrected chi connectivity index (χ4v) is 2.81. The highest BCUT2D eigenvalue weighted by Gasteiger charge is 2.23. The number of nitrogens with zero attached hydrogens (tertiary/aromatic N) is 3. The van der Waals surface area contributed by atoms with Crippen LogP contribution in [0.3, 0.4) is 0 Å². The van der Waals surface area contributed by atoms with Gasteiger partial charge in [0.05, 0.1) is 5.52 Å². The third-order valence-electron chi connectivity index (χ3n) is 4.07. The van der Waals surface area contributed by atoms with Crippen molar-refractivity contribution in [1.82, 2.24) is 15.0 Å². The molecule has 1 aliphatic rings. The standard InChI is InChI=1S/C18H19N5S/c1-11(24)14-10-20-18(8-16(14)21-13-3-4-13)23-17-5-2-12-9-19-7-6-15(12)22-17/h2,5-11,13,24H,3-4H2,1H3,(H2,20,21,22,23). The van der Waals surface area contributed by atoms with E-state index < -0.39 is 0 Å². The SMILES string of the molecule is CC(S)c1cnc(Nc2ccc3cnccc3n2)cc1NC1CC1. The maximum absolute atomic E-state index is 4.60. The van der Waals surface area contributed by atoms with Gasteiger partial charge in [0.1, 0.15) is 11.6 Å². The summed E-state index contributed by atoms with van der Waals surface area (Å²) in [6, 6.07) is 8.47. The van der Waals surface area contributed by atoms with E-state index >= 15 is 0 Å². The Balaban J connectivity index is 1.62. The van der Waals surface area contributed by atoms with Gasteiger partial charge in [-0.05, 0) is 38.0 Å². The molecule has 3 heterocycles. The highest BCUT2D eigenvalue weighted by Crippen LogP contribution is 2.33. The average Bonchev–Trinajstić information content (AvgIpc) is 3.39. The van der Waals surface area contributed by atoms with Crippen molar-refractivity contribution in [1.29, 1.82) is 0 Å². The number of anilines is 3. The Labute approximate surface area is 146 Å². The van der Waals surface area contributed by atoms with Gasteiger partial charge in [0, 0.05) is 52.6 Å². The number of pyridine rings is 3. The fraction of sp³-hybridized carbons (Fsp3) is 0.278. The van der Waals surface area contributed by atoms with Gasteiger partial charge in [0.15, 0.2) is 0 Å². The molecule has 1 aliphatic carbocycles. The summed E-state index contributed by atoms with van der Waals surface area (Å²) in [5.41, 5.74) is 3.13. The van der Waals surface area contributed by atoms with Crippen LogP contribution in [0.25, 0.3) is 10.9 Å². The second-order valence-corrected chi connectivity index (χ2v) is 6.92. The highest BCUT2D eigenvalue weighted by molar-refractivity contribution is 7.80. The van der Waals surface area contributed by atoms with Crippen LogP contribution in [0.1, 0.15) is 30.6 Å². The molecule has 0 aromatic carbocycles. The zero-order valence-corrected chi connectivity index (χ0v) is 14.3. The van der Waals surface area contributed by atoms with Crippen molar-refractivity contribution in [3.8, 4) is 0 Å². The second kappa shape index (κ2) is 6.28. The van der Waals surface area contributed by atoms with Gasteiger partial charge in [-0.3, -0.25) is 4.98 Å². The van der Waals surface area contributed by atoms with E-state index in [1.165, 1.54) is 12.8 Å². The van der Waals surface area contributed by atoms with Crippen LogP contribution < -0.4 is 10.6 Å². The van der Waals surface area contributed by atoms with E-state index in [4.69, 9.17) is 0 Å². The quantitative estimate of drug-likeness (QED) is 0.605.